The van der Waals surface area contributed by atoms with Gasteiger partial charge in [-0.3, -0.25) is 9.79 Å². The lowest BCUT2D eigenvalue weighted by atomic mass is 9.86. The molecule has 1 aromatic carbocycles. The maximum Gasteiger partial charge on any atom is 0.222 e. The molecule has 4 rings (SSSR count). The average Bonchev–Trinajstić information content (AvgIpc) is 3.39. The highest BCUT2D eigenvalue weighted by Gasteiger charge is 2.43. The minimum Gasteiger partial charge on any atom is -0.487 e. The normalized spacial score (nSPS) is 23.2. The van der Waals surface area contributed by atoms with Crippen LogP contribution in [0.3, 0.4) is 0 Å². The fourth-order valence-corrected chi connectivity index (χ4v) is 5.42. The summed E-state index contributed by atoms with van der Waals surface area (Å²) in [6.45, 7) is 3.88. The number of amides is 1. The molecule has 1 spiro atoms. The lowest BCUT2D eigenvalue weighted by molar-refractivity contribution is -0.129. The van der Waals surface area contributed by atoms with Gasteiger partial charge in [-0.25, -0.2) is 0 Å². The van der Waals surface area contributed by atoms with Gasteiger partial charge in [0.15, 0.2) is 5.96 Å². The molecule has 1 aliphatic carbocycles. The van der Waals surface area contributed by atoms with E-state index >= 15 is 0 Å². The first-order valence-electron chi connectivity index (χ1n) is 11.7. The number of nitrogens with one attached hydrogen (secondary N) is 2. The number of hydrogen-bond donors (Lipinski definition) is 2. The Morgan fingerprint density at radius 1 is 1.29 bits per heavy atom. The Kier molecular flexibility index (Phi) is 8.47. The summed E-state index contributed by atoms with van der Waals surface area (Å²) in [6.07, 6.45) is 9.37. The van der Waals surface area contributed by atoms with Crippen molar-refractivity contribution in [3.8, 4) is 5.75 Å². The molecule has 0 bridgehead atoms. The maximum atomic E-state index is 12.1. The Hall–Kier alpha value is -1.51. The van der Waals surface area contributed by atoms with Crippen LogP contribution in [0.1, 0.15) is 76.3 Å². The standard InChI is InChI=1S/C24H36N4O2.HI/c1-3-18(28-16-8-11-22(28)29)12-15-26-23(25-2)27-20-17-24(13-6-7-14-24)30-21-10-5-4-9-19(20)21;/h4-5,9-10,18,20H,3,6-8,11-17H2,1-2H3,(H2,25,26,27);1H. The second kappa shape index (κ2) is 10.9. The second-order valence-electron chi connectivity index (χ2n) is 8.97. The molecule has 31 heavy (non-hydrogen) atoms. The van der Waals surface area contributed by atoms with Crippen LogP contribution in [0, 0.1) is 0 Å². The zero-order valence-electron chi connectivity index (χ0n) is 18.9. The van der Waals surface area contributed by atoms with Gasteiger partial charge >= 0.3 is 0 Å². The number of hydrogen-bond acceptors (Lipinski definition) is 3. The summed E-state index contributed by atoms with van der Waals surface area (Å²) < 4.78 is 6.48. The van der Waals surface area contributed by atoms with Crippen LogP contribution in [0.5, 0.6) is 5.75 Å². The molecule has 1 amide bonds. The van der Waals surface area contributed by atoms with Gasteiger partial charge in [-0.15, -0.1) is 24.0 Å². The summed E-state index contributed by atoms with van der Waals surface area (Å²) in [6, 6.07) is 8.91. The molecule has 0 aromatic heterocycles. The van der Waals surface area contributed by atoms with E-state index in [1.54, 1.807) is 0 Å². The first kappa shape index (κ1) is 24.1. The van der Waals surface area contributed by atoms with Gasteiger partial charge in [0.05, 0.1) is 6.04 Å². The van der Waals surface area contributed by atoms with Gasteiger partial charge in [0.25, 0.3) is 0 Å². The van der Waals surface area contributed by atoms with E-state index in [4.69, 9.17) is 4.74 Å². The predicted molar refractivity (Wildman–Crippen MR) is 135 cm³/mol. The molecular weight excluding hydrogens is 503 g/mol. The van der Waals surface area contributed by atoms with E-state index < -0.39 is 0 Å². The van der Waals surface area contributed by atoms with Gasteiger partial charge in [0, 0.05) is 44.6 Å². The van der Waals surface area contributed by atoms with E-state index in [-0.39, 0.29) is 35.6 Å². The summed E-state index contributed by atoms with van der Waals surface area (Å²) in [4.78, 5) is 18.6. The number of ether oxygens (including phenoxy) is 1. The number of carbonyl (C=O) groups is 1. The number of carbonyl (C=O) groups excluding carboxylic acids is 1. The van der Waals surface area contributed by atoms with Crippen molar-refractivity contribution in [2.45, 2.75) is 82.4 Å². The summed E-state index contributed by atoms with van der Waals surface area (Å²) in [5.41, 5.74) is 1.18. The molecule has 2 aliphatic heterocycles. The number of guanidine groups is 1. The molecule has 2 fully saturated rings. The Labute approximate surface area is 203 Å². The van der Waals surface area contributed by atoms with Gasteiger partial charge in [-0.1, -0.05) is 25.1 Å². The maximum absolute atomic E-state index is 12.1. The number of rotatable bonds is 6. The van der Waals surface area contributed by atoms with Crippen molar-refractivity contribution in [3.63, 3.8) is 0 Å². The molecule has 7 heteroatoms. The lowest BCUT2D eigenvalue weighted by Gasteiger charge is -2.40. The van der Waals surface area contributed by atoms with Gasteiger partial charge in [-0.05, 0) is 51.0 Å². The van der Waals surface area contributed by atoms with Crippen LogP contribution in [-0.4, -0.2) is 48.5 Å². The number of halogens is 1. The third kappa shape index (κ3) is 5.46. The molecule has 1 saturated heterocycles. The Morgan fingerprint density at radius 2 is 2.06 bits per heavy atom. The zero-order valence-corrected chi connectivity index (χ0v) is 21.2. The number of aliphatic imine (C=N–C) groups is 1. The van der Waals surface area contributed by atoms with Gasteiger partial charge in [-0.2, -0.15) is 0 Å². The van der Waals surface area contributed by atoms with Crippen LogP contribution < -0.4 is 15.4 Å². The fourth-order valence-electron chi connectivity index (χ4n) is 5.42. The topological polar surface area (TPSA) is 66.0 Å². The molecule has 6 nitrogen and oxygen atoms in total. The quantitative estimate of drug-likeness (QED) is 0.319. The predicted octanol–water partition coefficient (Wildman–Crippen LogP) is 4.40. The summed E-state index contributed by atoms with van der Waals surface area (Å²) in [5, 5.41) is 7.15. The smallest absolute Gasteiger partial charge is 0.222 e. The van der Waals surface area contributed by atoms with Crippen molar-refractivity contribution < 1.29 is 9.53 Å². The van der Waals surface area contributed by atoms with Crippen LogP contribution in [-0.2, 0) is 4.79 Å². The van der Waals surface area contributed by atoms with Crippen LogP contribution in [0.15, 0.2) is 29.3 Å². The molecule has 3 aliphatic rings. The lowest BCUT2D eigenvalue weighted by Crippen LogP contribution is -2.47. The molecule has 2 N–H and O–H groups in total. The van der Waals surface area contributed by atoms with Gasteiger partial charge < -0.3 is 20.3 Å². The number of para-hydroxylation sites is 1. The molecule has 2 heterocycles. The van der Waals surface area contributed by atoms with E-state index in [0.717, 1.165) is 63.3 Å². The Morgan fingerprint density at radius 3 is 2.74 bits per heavy atom. The van der Waals surface area contributed by atoms with E-state index in [0.29, 0.717) is 18.4 Å². The third-order valence-electron chi connectivity index (χ3n) is 7.04. The van der Waals surface area contributed by atoms with E-state index in [9.17, 15) is 4.79 Å². The minimum absolute atomic E-state index is 0. The fraction of sp³-hybridized carbons (Fsp3) is 0.667. The first-order valence-corrected chi connectivity index (χ1v) is 11.7. The summed E-state index contributed by atoms with van der Waals surface area (Å²) >= 11 is 0. The van der Waals surface area contributed by atoms with Crippen LogP contribution >= 0.6 is 24.0 Å². The highest BCUT2D eigenvalue weighted by Crippen LogP contribution is 2.46. The van der Waals surface area contributed by atoms with Crippen molar-refractivity contribution >= 4 is 35.8 Å². The number of nitrogens with zero attached hydrogens (tertiary/aromatic N) is 2. The molecule has 0 radical (unpaired) electrons. The van der Waals surface area contributed by atoms with Gasteiger partial charge in [0.1, 0.15) is 11.4 Å². The van der Waals surface area contributed by atoms with Gasteiger partial charge in [0.2, 0.25) is 5.91 Å². The Bertz CT molecular complexity index is 779. The molecule has 172 valence electrons. The molecule has 2 atom stereocenters. The monoisotopic (exact) mass is 540 g/mol. The highest BCUT2D eigenvalue weighted by molar-refractivity contribution is 14.0. The van der Waals surface area contributed by atoms with Crippen molar-refractivity contribution in [1.82, 2.24) is 15.5 Å². The first-order chi connectivity index (χ1) is 14.6. The van der Waals surface area contributed by atoms with Crippen LogP contribution in [0.25, 0.3) is 0 Å². The average molecular weight is 540 g/mol. The molecule has 2 unspecified atom stereocenters. The third-order valence-corrected chi connectivity index (χ3v) is 7.04. The van der Waals surface area contributed by atoms with Crippen LogP contribution in [0.2, 0.25) is 0 Å². The van der Waals surface area contributed by atoms with Crippen molar-refractivity contribution in [2.24, 2.45) is 4.99 Å². The Balaban J connectivity index is 0.00000272. The van der Waals surface area contributed by atoms with Crippen molar-refractivity contribution in [3.05, 3.63) is 29.8 Å². The molecule has 1 saturated carbocycles. The molecule has 1 aromatic rings. The summed E-state index contributed by atoms with van der Waals surface area (Å²) in [7, 11) is 1.83. The minimum atomic E-state index is -0.0334. The van der Waals surface area contributed by atoms with E-state index in [1.807, 2.05) is 7.05 Å². The number of likely N-dealkylation sites (tertiary alicyclic amines) is 1. The van der Waals surface area contributed by atoms with E-state index in [2.05, 4.69) is 51.7 Å². The number of benzene rings is 1. The van der Waals surface area contributed by atoms with Crippen LogP contribution in [0.4, 0.5) is 0 Å². The highest BCUT2D eigenvalue weighted by atomic mass is 127. The second-order valence-corrected chi connectivity index (χ2v) is 8.97. The molecular formula is C24H37IN4O2. The number of fused-ring (bicyclic) bond motifs is 1. The van der Waals surface area contributed by atoms with E-state index in [1.165, 1.54) is 18.4 Å². The zero-order chi connectivity index (χ0) is 21.0. The van der Waals surface area contributed by atoms with Crippen molar-refractivity contribution in [1.29, 1.82) is 0 Å². The largest absolute Gasteiger partial charge is 0.487 e. The SMILES string of the molecule is CCC(CCNC(=NC)NC1CC2(CCCC2)Oc2ccccc21)N1CCCC1=O.I. The van der Waals surface area contributed by atoms with Crippen molar-refractivity contribution in [2.75, 3.05) is 20.1 Å². The summed E-state index contributed by atoms with van der Waals surface area (Å²) in [5.74, 6) is 2.15.